The third-order valence-corrected chi connectivity index (χ3v) is 2.37. The summed E-state index contributed by atoms with van der Waals surface area (Å²) >= 11 is 0. The van der Waals surface area contributed by atoms with Crippen LogP contribution in [0.15, 0.2) is 0 Å². The summed E-state index contributed by atoms with van der Waals surface area (Å²) in [6, 6.07) is 0. The zero-order valence-corrected chi connectivity index (χ0v) is 5.42. The summed E-state index contributed by atoms with van der Waals surface area (Å²) < 4.78 is 4.96. The molecule has 1 aliphatic heterocycles. The van der Waals surface area contributed by atoms with Crippen molar-refractivity contribution >= 4 is 0 Å². The van der Waals surface area contributed by atoms with Crippen LogP contribution in [-0.2, 0) is 4.74 Å². The van der Waals surface area contributed by atoms with Crippen molar-refractivity contribution in [2.24, 2.45) is 5.92 Å². The van der Waals surface area contributed by atoms with Gasteiger partial charge in [-0.1, -0.05) is 12.8 Å². The fraction of sp³-hybridized carbons (Fsp3) is 1.00. The van der Waals surface area contributed by atoms with E-state index in [2.05, 4.69) is 0 Å². The third kappa shape index (κ3) is 0.970. The van der Waals surface area contributed by atoms with Crippen molar-refractivity contribution in [2.45, 2.75) is 38.1 Å². The van der Waals surface area contributed by atoms with Gasteiger partial charge in [0.1, 0.15) is 6.10 Å². The molecule has 0 aromatic carbocycles. The van der Waals surface area contributed by atoms with Crippen molar-refractivity contribution in [3.63, 3.8) is 0 Å². The average molecular weight is 128 g/mol. The average Bonchev–Trinajstić information content (AvgIpc) is 2.44. The Morgan fingerprint density at radius 2 is 1.78 bits per heavy atom. The lowest BCUT2D eigenvalue weighted by atomic mass is 10.0. The molecule has 1 N–H and O–H groups in total. The minimum absolute atomic E-state index is 0.215. The number of aliphatic hydroxyl groups is 1. The fourth-order valence-corrected chi connectivity index (χ4v) is 1.75. The molecule has 1 saturated carbocycles. The highest BCUT2D eigenvalue weighted by atomic mass is 16.7. The molecule has 0 aromatic heterocycles. The zero-order chi connectivity index (χ0) is 6.27. The molecule has 0 aromatic rings. The first-order valence-corrected chi connectivity index (χ1v) is 3.71. The molecule has 2 rings (SSSR count). The van der Waals surface area contributed by atoms with Gasteiger partial charge in [-0.05, 0) is 18.8 Å². The van der Waals surface area contributed by atoms with Gasteiger partial charge in [-0.15, -0.1) is 0 Å². The lowest BCUT2D eigenvalue weighted by Gasteiger charge is -2.00. The van der Waals surface area contributed by atoms with Gasteiger partial charge in [0.2, 0.25) is 0 Å². The summed E-state index contributed by atoms with van der Waals surface area (Å²) in [5.74, 6) is 0.681. The number of hydrogen-bond acceptors (Lipinski definition) is 2. The van der Waals surface area contributed by atoms with Crippen LogP contribution in [0, 0.1) is 5.92 Å². The summed E-state index contributed by atoms with van der Waals surface area (Å²) in [6.45, 7) is 0. The summed E-state index contributed by atoms with van der Waals surface area (Å²) in [5.41, 5.74) is 0. The van der Waals surface area contributed by atoms with E-state index in [1.165, 1.54) is 25.7 Å². The zero-order valence-electron chi connectivity index (χ0n) is 5.42. The minimum atomic E-state index is -0.409. The van der Waals surface area contributed by atoms with E-state index >= 15 is 0 Å². The second-order valence-electron chi connectivity index (χ2n) is 3.04. The number of rotatable bonds is 1. The molecule has 2 fully saturated rings. The van der Waals surface area contributed by atoms with E-state index in [1.807, 2.05) is 0 Å². The van der Waals surface area contributed by atoms with Crippen LogP contribution in [0.1, 0.15) is 25.7 Å². The number of epoxide rings is 1. The Bertz CT molecular complexity index is 107. The maximum Gasteiger partial charge on any atom is 0.182 e. The molecule has 9 heavy (non-hydrogen) atoms. The van der Waals surface area contributed by atoms with E-state index in [4.69, 9.17) is 9.84 Å². The first-order valence-electron chi connectivity index (χ1n) is 3.71. The van der Waals surface area contributed by atoms with Gasteiger partial charge in [0.15, 0.2) is 6.29 Å². The molecular weight excluding hydrogens is 116 g/mol. The van der Waals surface area contributed by atoms with E-state index < -0.39 is 6.29 Å². The van der Waals surface area contributed by atoms with Crippen LogP contribution >= 0.6 is 0 Å². The van der Waals surface area contributed by atoms with Crippen LogP contribution in [0.25, 0.3) is 0 Å². The molecule has 2 nitrogen and oxygen atoms in total. The summed E-state index contributed by atoms with van der Waals surface area (Å²) in [4.78, 5) is 0. The van der Waals surface area contributed by atoms with Crippen molar-refractivity contribution < 1.29 is 9.84 Å². The maximum absolute atomic E-state index is 8.86. The largest absolute Gasteiger partial charge is 0.366 e. The standard InChI is InChI=1S/C7H12O2/c8-7-6(9-7)5-3-1-2-4-5/h5-8H,1-4H2. The predicted octanol–water partition coefficient (Wildman–Crippen LogP) is 0.894. The van der Waals surface area contributed by atoms with Crippen LogP contribution in [0.5, 0.6) is 0 Å². The molecule has 52 valence electrons. The quantitative estimate of drug-likeness (QED) is 0.532. The van der Waals surface area contributed by atoms with E-state index in [0.29, 0.717) is 5.92 Å². The van der Waals surface area contributed by atoms with Crippen LogP contribution in [0.3, 0.4) is 0 Å². The second kappa shape index (κ2) is 1.96. The molecule has 0 radical (unpaired) electrons. The highest BCUT2D eigenvalue weighted by Gasteiger charge is 2.44. The molecule has 1 aliphatic carbocycles. The van der Waals surface area contributed by atoms with E-state index in [1.54, 1.807) is 0 Å². The number of aliphatic hydroxyl groups excluding tert-OH is 1. The van der Waals surface area contributed by atoms with Crippen LogP contribution in [-0.4, -0.2) is 17.5 Å². The molecule has 2 unspecified atom stereocenters. The molecule has 2 aliphatic rings. The minimum Gasteiger partial charge on any atom is -0.366 e. The molecule has 1 heterocycles. The van der Waals surface area contributed by atoms with Crippen molar-refractivity contribution in [3.8, 4) is 0 Å². The van der Waals surface area contributed by atoms with Gasteiger partial charge in [0, 0.05) is 0 Å². The van der Waals surface area contributed by atoms with Crippen LogP contribution in [0.2, 0.25) is 0 Å². The fourth-order valence-electron chi connectivity index (χ4n) is 1.75. The Balaban J connectivity index is 1.85. The Kier molecular flexibility index (Phi) is 1.24. The summed E-state index contributed by atoms with van der Waals surface area (Å²) in [6.07, 6.45) is 5.00. The lowest BCUT2D eigenvalue weighted by Crippen LogP contribution is -2.05. The highest BCUT2D eigenvalue weighted by molar-refractivity contribution is 4.85. The number of ether oxygens (including phenoxy) is 1. The van der Waals surface area contributed by atoms with E-state index in [-0.39, 0.29) is 6.10 Å². The Morgan fingerprint density at radius 1 is 1.22 bits per heavy atom. The van der Waals surface area contributed by atoms with Crippen molar-refractivity contribution in [1.29, 1.82) is 0 Å². The van der Waals surface area contributed by atoms with Gasteiger partial charge in [-0.25, -0.2) is 0 Å². The van der Waals surface area contributed by atoms with Gasteiger partial charge in [-0.2, -0.15) is 0 Å². The third-order valence-electron chi connectivity index (χ3n) is 2.37. The molecular formula is C7H12O2. The second-order valence-corrected chi connectivity index (χ2v) is 3.04. The Hall–Kier alpha value is -0.0800. The first-order chi connectivity index (χ1) is 4.38. The highest BCUT2D eigenvalue weighted by Crippen LogP contribution is 2.37. The molecule has 0 amide bonds. The Morgan fingerprint density at radius 3 is 2.22 bits per heavy atom. The number of hydrogen-bond donors (Lipinski definition) is 1. The summed E-state index contributed by atoms with van der Waals surface area (Å²) in [5, 5.41) is 8.86. The lowest BCUT2D eigenvalue weighted by molar-refractivity contribution is 0.155. The van der Waals surface area contributed by atoms with Gasteiger partial charge in [0.25, 0.3) is 0 Å². The SMILES string of the molecule is OC1OC1C1CCCC1. The summed E-state index contributed by atoms with van der Waals surface area (Å²) in [7, 11) is 0. The van der Waals surface area contributed by atoms with Crippen molar-refractivity contribution in [2.75, 3.05) is 0 Å². The van der Waals surface area contributed by atoms with E-state index in [9.17, 15) is 0 Å². The molecule has 0 bridgehead atoms. The van der Waals surface area contributed by atoms with Gasteiger partial charge < -0.3 is 9.84 Å². The van der Waals surface area contributed by atoms with Crippen molar-refractivity contribution in [1.82, 2.24) is 0 Å². The molecule has 1 saturated heterocycles. The predicted molar refractivity (Wildman–Crippen MR) is 32.8 cm³/mol. The smallest absolute Gasteiger partial charge is 0.182 e. The maximum atomic E-state index is 8.86. The van der Waals surface area contributed by atoms with Gasteiger partial charge in [-0.3, -0.25) is 0 Å². The molecule has 2 atom stereocenters. The Labute approximate surface area is 54.8 Å². The monoisotopic (exact) mass is 128 g/mol. The topological polar surface area (TPSA) is 32.8 Å². The van der Waals surface area contributed by atoms with Gasteiger partial charge in [0.05, 0.1) is 0 Å². The molecule has 2 heteroatoms. The van der Waals surface area contributed by atoms with Crippen LogP contribution in [0.4, 0.5) is 0 Å². The van der Waals surface area contributed by atoms with Gasteiger partial charge >= 0.3 is 0 Å². The normalized spacial score (nSPS) is 43.7. The first kappa shape index (κ1) is 5.69. The molecule has 0 spiro atoms. The van der Waals surface area contributed by atoms with E-state index in [0.717, 1.165) is 0 Å². The van der Waals surface area contributed by atoms with Crippen molar-refractivity contribution in [3.05, 3.63) is 0 Å². The van der Waals surface area contributed by atoms with Crippen LogP contribution < -0.4 is 0 Å².